The first-order valence-electron chi connectivity index (χ1n) is 9.02. The summed E-state index contributed by atoms with van der Waals surface area (Å²) in [5.74, 6) is 1.73. The van der Waals surface area contributed by atoms with E-state index in [1.54, 1.807) is 0 Å². The van der Waals surface area contributed by atoms with Crippen LogP contribution in [-0.4, -0.2) is 25.9 Å². The zero-order valence-corrected chi connectivity index (χ0v) is 15.8. The summed E-state index contributed by atoms with van der Waals surface area (Å²) >= 11 is 1.52. The highest BCUT2D eigenvalue weighted by molar-refractivity contribution is 8.00. The van der Waals surface area contributed by atoms with Crippen molar-refractivity contribution in [1.82, 2.24) is 14.8 Å². The zero-order valence-electron chi connectivity index (χ0n) is 15.0. The van der Waals surface area contributed by atoms with Gasteiger partial charge in [-0.2, -0.15) is 0 Å². The molecule has 1 aromatic heterocycles. The number of benzene rings is 1. The van der Waals surface area contributed by atoms with E-state index >= 15 is 0 Å². The van der Waals surface area contributed by atoms with Crippen LogP contribution in [0.15, 0.2) is 23.4 Å². The molecule has 132 valence electrons. The lowest BCUT2D eigenvalue weighted by atomic mass is 10.1. The van der Waals surface area contributed by atoms with Gasteiger partial charge in [0.1, 0.15) is 5.82 Å². The Labute approximate surface area is 152 Å². The number of hydrogen-bond donors (Lipinski definition) is 1. The lowest BCUT2D eigenvalue weighted by Crippen LogP contribution is -2.23. The van der Waals surface area contributed by atoms with E-state index in [4.69, 9.17) is 0 Å². The molecule has 1 atom stereocenters. The predicted molar refractivity (Wildman–Crippen MR) is 100 cm³/mol. The summed E-state index contributed by atoms with van der Waals surface area (Å²) in [6, 6.07) is 6.65. The molecular formula is C19H24N4OS. The number of nitrogens with one attached hydrogen (secondary N) is 1. The molecule has 0 saturated heterocycles. The first kappa shape index (κ1) is 16.6. The van der Waals surface area contributed by atoms with Gasteiger partial charge in [-0.25, -0.2) is 0 Å². The van der Waals surface area contributed by atoms with Gasteiger partial charge >= 0.3 is 0 Å². The minimum Gasteiger partial charge on any atom is -0.325 e. The van der Waals surface area contributed by atoms with Crippen LogP contribution in [0.2, 0.25) is 0 Å². The summed E-state index contributed by atoms with van der Waals surface area (Å²) < 4.78 is 2.30. The fraction of sp³-hybridized carbons (Fsp3) is 0.526. The third-order valence-electron chi connectivity index (χ3n) is 4.85. The molecule has 2 aromatic rings. The number of hydrogen-bond acceptors (Lipinski definition) is 4. The van der Waals surface area contributed by atoms with E-state index in [0.29, 0.717) is 12.0 Å². The van der Waals surface area contributed by atoms with Crippen LogP contribution in [0.25, 0.3) is 0 Å². The molecule has 6 heteroatoms. The number of thioether (sulfide) groups is 1. The summed E-state index contributed by atoms with van der Waals surface area (Å²) in [4.78, 5) is 12.6. The number of carbonyl (C=O) groups is 1. The van der Waals surface area contributed by atoms with Crippen LogP contribution >= 0.6 is 11.8 Å². The monoisotopic (exact) mass is 356 g/mol. The van der Waals surface area contributed by atoms with E-state index in [1.807, 2.05) is 32.9 Å². The smallest absolute Gasteiger partial charge is 0.237 e. The molecule has 25 heavy (non-hydrogen) atoms. The second-order valence-electron chi connectivity index (χ2n) is 7.28. The molecule has 0 aliphatic heterocycles. The largest absolute Gasteiger partial charge is 0.325 e. The zero-order chi connectivity index (χ0) is 17.6. The molecule has 2 aliphatic carbocycles. The molecule has 1 unspecified atom stereocenters. The van der Waals surface area contributed by atoms with Gasteiger partial charge in [0.05, 0.1) is 5.25 Å². The quantitative estimate of drug-likeness (QED) is 0.787. The second kappa shape index (κ2) is 6.48. The highest BCUT2D eigenvalue weighted by Gasteiger charge is 2.37. The molecule has 1 heterocycles. The third kappa shape index (κ3) is 3.59. The summed E-state index contributed by atoms with van der Waals surface area (Å²) in [6.45, 7) is 5.98. The predicted octanol–water partition coefficient (Wildman–Crippen LogP) is 4.23. The van der Waals surface area contributed by atoms with Gasteiger partial charge in [0, 0.05) is 17.6 Å². The van der Waals surface area contributed by atoms with Crippen LogP contribution in [-0.2, 0) is 4.79 Å². The Bertz CT molecular complexity index is 808. The van der Waals surface area contributed by atoms with Crippen molar-refractivity contribution in [2.75, 3.05) is 5.32 Å². The fourth-order valence-corrected chi connectivity index (χ4v) is 3.91. The Morgan fingerprint density at radius 3 is 2.68 bits per heavy atom. The molecule has 5 nitrogen and oxygen atoms in total. The van der Waals surface area contributed by atoms with Gasteiger partial charge in [0.15, 0.2) is 5.16 Å². The fourth-order valence-electron chi connectivity index (χ4n) is 2.98. The molecule has 1 amide bonds. The van der Waals surface area contributed by atoms with Crippen molar-refractivity contribution < 1.29 is 4.79 Å². The van der Waals surface area contributed by atoms with E-state index in [9.17, 15) is 4.79 Å². The topological polar surface area (TPSA) is 59.8 Å². The molecule has 0 spiro atoms. The van der Waals surface area contributed by atoms with E-state index < -0.39 is 0 Å². The van der Waals surface area contributed by atoms with Crippen molar-refractivity contribution in [2.24, 2.45) is 0 Å². The first-order valence-corrected chi connectivity index (χ1v) is 9.90. The number of rotatable bonds is 6. The standard InChI is InChI=1S/C19H24N4OS/c1-11-4-5-12(2)16(10-11)20-18(24)13(3)25-19-22-21-17(14-6-7-14)23(19)15-8-9-15/h4-5,10,13-15H,6-9H2,1-3H3,(H,20,24). The van der Waals surface area contributed by atoms with Crippen molar-refractivity contribution in [3.63, 3.8) is 0 Å². The van der Waals surface area contributed by atoms with E-state index in [-0.39, 0.29) is 11.2 Å². The summed E-state index contributed by atoms with van der Waals surface area (Å²) in [6.07, 6.45) is 4.85. The molecule has 0 bridgehead atoms. The van der Waals surface area contributed by atoms with Crippen molar-refractivity contribution >= 4 is 23.4 Å². The molecule has 1 N–H and O–H groups in total. The average molecular weight is 356 g/mol. The number of amides is 1. The first-order chi connectivity index (χ1) is 12.0. The maximum atomic E-state index is 12.6. The molecule has 2 saturated carbocycles. The maximum Gasteiger partial charge on any atom is 0.237 e. The SMILES string of the molecule is Cc1ccc(C)c(NC(=O)C(C)Sc2nnc(C3CC3)n2C2CC2)c1. The van der Waals surface area contributed by atoms with Gasteiger partial charge in [-0.1, -0.05) is 23.9 Å². The van der Waals surface area contributed by atoms with E-state index in [2.05, 4.69) is 26.1 Å². The van der Waals surface area contributed by atoms with Gasteiger partial charge in [-0.05, 0) is 63.6 Å². The van der Waals surface area contributed by atoms with Gasteiger partial charge in [0.25, 0.3) is 0 Å². The summed E-state index contributed by atoms with van der Waals surface area (Å²) in [5.41, 5.74) is 3.11. The second-order valence-corrected chi connectivity index (χ2v) is 8.59. The summed E-state index contributed by atoms with van der Waals surface area (Å²) in [7, 11) is 0. The lowest BCUT2D eigenvalue weighted by molar-refractivity contribution is -0.115. The van der Waals surface area contributed by atoms with E-state index in [0.717, 1.165) is 27.8 Å². The van der Waals surface area contributed by atoms with Crippen molar-refractivity contribution in [3.05, 3.63) is 35.2 Å². The minimum absolute atomic E-state index is 0.0111. The summed E-state index contributed by atoms with van der Waals surface area (Å²) in [5, 5.41) is 12.6. The normalized spacial score (nSPS) is 18.2. The molecule has 2 aliphatic rings. The van der Waals surface area contributed by atoms with Crippen LogP contribution in [0.1, 0.15) is 61.5 Å². The van der Waals surface area contributed by atoms with Crippen LogP contribution in [0, 0.1) is 13.8 Å². The number of nitrogens with zero attached hydrogens (tertiary/aromatic N) is 3. The highest BCUT2D eigenvalue weighted by atomic mass is 32.2. The van der Waals surface area contributed by atoms with Crippen LogP contribution < -0.4 is 5.32 Å². The van der Waals surface area contributed by atoms with Crippen molar-refractivity contribution in [3.8, 4) is 0 Å². The number of anilines is 1. The van der Waals surface area contributed by atoms with Gasteiger partial charge < -0.3 is 9.88 Å². The average Bonchev–Trinajstić information content (AvgIpc) is 3.50. The Balaban J connectivity index is 1.47. The highest BCUT2D eigenvalue weighted by Crippen LogP contribution is 2.46. The molecule has 4 rings (SSSR count). The minimum atomic E-state index is -0.214. The molecular weight excluding hydrogens is 332 g/mol. The Morgan fingerprint density at radius 2 is 2.00 bits per heavy atom. The van der Waals surface area contributed by atoms with Gasteiger partial charge in [-0.15, -0.1) is 10.2 Å². The van der Waals surface area contributed by atoms with Gasteiger partial charge in [-0.3, -0.25) is 4.79 Å². The lowest BCUT2D eigenvalue weighted by Gasteiger charge is -2.14. The van der Waals surface area contributed by atoms with Crippen molar-refractivity contribution in [1.29, 1.82) is 0 Å². The Kier molecular flexibility index (Phi) is 4.31. The van der Waals surface area contributed by atoms with Gasteiger partial charge in [0.2, 0.25) is 5.91 Å². The molecule has 2 fully saturated rings. The number of aromatic nitrogens is 3. The van der Waals surface area contributed by atoms with Crippen LogP contribution in [0.3, 0.4) is 0 Å². The number of carbonyl (C=O) groups excluding carboxylic acids is 1. The Hall–Kier alpha value is -1.82. The van der Waals surface area contributed by atoms with Crippen LogP contribution in [0.4, 0.5) is 5.69 Å². The van der Waals surface area contributed by atoms with Crippen LogP contribution in [0.5, 0.6) is 0 Å². The van der Waals surface area contributed by atoms with Crippen molar-refractivity contribution in [2.45, 2.75) is 68.8 Å². The Morgan fingerprint density at radius 1 is 1.24 bits per heavy atom. The third-order valence-corrected chi connectivity index (χ3v) is 5.90. The number of aryl methyl sites for hydroxylation is 2. The molecule has 1 aromatic carbocycles. The van der Waals surface area contributed by atoms with E-state index in [1.165, 1.54) is 37.4 Å². The molecule has 0 radical (unpaired) electrons. The maximum absolute atomic E-state index is 12.6.